The Morgan fingerprint density at radius 2 is 2.00 bits per heavy atom. The van der Waals surface area contributed by atoms with E-state index >= 15 is 0 Å². The number of aryl methyl sites for hydroxylation is 1. The van der Waals surface area contributed by atoms with Crippen LogP contribution in [0.1, 0.15) is 82.3 Å². The van der Waals surface area contributed by atoms with Gasteiger partial charge in [0.15, 0.2) is 0 Å². The highest BCUT2D eigenvalue weighted by Gasteiger charge is 2.60. The zero-order valence-corrected chi connectivity index (χ0v) is 19.0. The van der Waals surface area contributed by atoms with Crippen molar-refractivity contribution in [2.75, 3.05) is 27.2 Å². The number of aliphatic hydroxyl groups is 1. The molecule has 1 aromatic carbocycles. The lowest BCUT2D eigenvalue weighted by atomic mass is 9.53. The van der Waals surface area contributed by atoms with Gasteiger partial charge in [0.25, 0.3) is 0 Å². The molecule has 0 amide bonds. The van der Waals surface area contributed by atoms with Gasteiger partial charge in [0.1, 0.15) is 5.75 Å². The van der Waals surface area contributed by atoms with Crippen molar-refractivity contribution in [2.24, 2.45) is 17.3 Å². The molecule has 1 aromatic rings. The fourth-order valence-electron chi connectivity index (χ4n) is 7.15. The first-order valence-corrected chi connectivity index (χ1v) is 12.0. The summed E-state index contributed by atoms with van der Waals surface area (Å²) in [4.78, 5) is 2.21. The van der Waals surface area contributed by atoms with Crippen LogP contribution < -0.4 is 4.74 Å². The van der Waals surface area contributed by atoms with Gasteiger partial charge >= 0.3 is 0 Å². The Labute approximate surface area is 177 Å². The van der Waals surface area contributed by atoms with Gasteiger partial charge in [-0.3, -0.25) is 0 Å². The molecule has 0 heterocycles. The Morgan fingerprint density at radius 3 is 2.76 bits per heavy atom. The van der Waals surface area contributed by atoms with Gasteiger partial charge in [0, 0.05) is 6.54 Å². The van der Waals surface area contributed by atoms with Crippen LogP contribution in [0.15, 0.2) is 18.2 Å². The van der Waals surface area contributed by atoms with E-state index in [0.717, 1.165) is 50.5 Å². The average Bonchev–Trinajstić information content (AvgIpc) is 2.96. The first-order chi connectivity index (χ1) is 13.9. The lowest BCUT2D eigenvalue weighted by molar-refractivity contribution is -0.107. The molecular formula is C26H41NO2. The second kappa shape index (κ2) is 8.23. The number of rotatable bonds is 7. The Kier molecular flexibility index (Phi) is 6.01. The Balaban J connectivity index is 1.47. The van der Waals surface area contributed by atoms with Crippen LogP contribution in [-0.2, 0) is 6.42 Å². The molecule has 0 radical (unpaired) electrons. The summed E-state index contributed by atoms with van der Waals surface area (Å²) in [5.41, 5.74) is 2.79. The lowest BCUT2D eigenvalue weighted by Crippen LogP contribution is -2.50. The fourth-order valence-corrected chi connectivity index (χ4v) is 7.15. The Bertz CT molecular complexity index is 717. The topological polar surface area (TPSA) is 32.7 Å². The number of benzene rings is 1. The van der Waals surface area contributed by atoms with Crippen molar-refractivity contribution < 1.29 is 9.84 Å². The molecule has 0 spiro atoms. The molecule has 3 heteroatoms. The maximum atomic E-state index is 11.5. The third-order valence-electron chi connectivity index (χ3n) is 8.70. The van der Waals surface area contributed by atoms with E-state index in [0.29, 0.717) is 11.8 Å². The minimum atomic E-state index is -0.429. The highest BCUT2D eigenvalue weighted by Crippen LogP contribution is 2.65. The van der Waals surface area contributed by atoms with Crippen molar-refractivity contribution in [2.45, 2.75) is 83.2 Å². The van der Waals surface area contributed by atoms with E-state index in [2.05, 4.69) is 51.0 Å². The van der Waals surface area contributed by atoms with Crippen LogP contribution in [0.4, 0.5) is 0 Å². The second-order valence-electron chi connectivity index (χ2n) is 10.6. The molecule has 1 N–H and O–H groups in total. The molecule has 2 saturated carbocycles. The third-order valence-corrected chi connectivity index (χ3v) is 8.70. The van der Waals surface area contributed by atoms with Gasteiger partial charge in [0.05, 0.1) is 12.2 Å². The maximum Gasteiger partial charge on any atom is 0.119 e. The summed E-state index contributed by atoms with van der Waals surface area (Å²) in [7, 11) is 4.22. The molecule has 1 unspecified atom stereocenters. The predicted molar refractivity (Wildman–Crippen MR) is 120 cm³/mol. The summed E-state index contributed by atoms with van der Waals surface area (Å²) >= 11 is 0. The molecule has 4 rings (SSSR count). The van der Waals surface area contributed by atoms with Crippen LogP contribution in [-0.4, -0.2) is 42.9 Å². The second-order valence-corrected chi connectivity index (χ2v) is 10.6. The summed E-state index contributed by atoms with van der Waals surface area (Å²) in [6.45, 7) is 6.49. The van der Waals surface area contributed by atoms with E-state index in [1.54, 1.807) is 5.56 Å². The molecule has 29 heavy (non-hydrogen) atoms. The highest BCUT2D eigenvalue weighted by molar-refractivity contribution is 5.41. The molecule has 3 aliphatic rings. The molecule has 162 valence electrons. The minimum absolute atomic E-state index is 0.122. The summed E-state index contributed by atoms with van der Waals surface area (Å²) in [5.74, 6) is 3.16. The summed E-state index contributed by atoms with van der Waals surface area (Å²) in [6.07, 6.45) is 10.2. The van der Waals surface area contributed by atoms with Gasteiger partial charge in [-0.2, -0.15) is 0 Å². The lowest BCUT2D eigenvalue weighted by Gasteiger charge is -2.53. The minimum Gasteiger partial charge on any atom is -0.494 e. The standard InChI is InChI=1S/C26H41NO2/c1-5-13-26(28)15-12-24-23-9-7-19-18-20(29-17-6-16-27(3)4)8-10-21(19)22(23)11-14-25(24,26)2/h8,10,18,22-24,28H,5-7,9,11-17H2,1-4H3/t22-,23-,24+,25+,26?/m1/s1. The molecule has 5 atom stereocenters. The van der Waals surface area contributed by atoms with Crippen molar-refractivity contribution in [3.8, 4) is 5.75 Å². The first-order valence-electron chi connectivity index (χ1n) is 12.0. The van der Waals surface area contributed by atoms with E-state index < -0.39 is 5.60 Å². The fraction of sp³-hybridized carbons (Fsp3) is 0.769. The molecule has 0 saturated heterocycles. The van der Waals surface area contributed by atoms with Gasteiger partial charge in [0.2, 0.25) is 0 Å². The zero-order valence-electron chi connectivity index (χ0n) is 19.0. The van der Waals surface area contributed by atoms with Crippen molar-refractivity contribution in [3.05, 3.63) is 29.3 Å². The monoisotopic (exact) mass is 399 g/mol. The van der Waals surface area contributed by atoms with Crippen LogP contribution in [0.25, 0.3) is 0 Å². The largest absolute Gasteiger partial charge is 0.494 e. The summed E-state index contributed by atoms with van der Waals surface area (Å²) in [5, 5.41) is 11.5. The van der Waals surface area contributed by atoms with Crippen LogP contribution in [0, 0.1) is 17.3 Å². The molecule has 0 aromatic heterocycles. The van der Waals surface area contributed by atoms with Gasteiger partial charge < -0.3 is 14.7 Å². The van der Waals surface area contributed by atoms with Gasteiger partial charge in [-0.05, 0) is 112 Å². The molecule has 3 nitrogen and oxygen atoms in total. The molecular weight excluding hydrogens is 358 g/mol. The predicted octanol–water partition coefficient (Wildman–Crippen LogP) is 5.40. The van der Waals surface area contributed by atoms with Crippen molar-refractivity contribution in [3.63, 3.8) is 0 Å². The van der Waals surface area contributed by atoms with Crippen LogP contribution in [0.2, 0.25) is 0 Å². The highest BCUT2D eigenvalue weighted by atomic mass is 16.5. The number of hydrogen-bond donors (Lipinski definition) is 1. The Hall–Kier alpha value is -1.06. The Morgan fingerprint density at radius 1 is 1.17 bits per heavy atom. The van der Waals surface area contributed by atoms with E-state index in [-0.39, 0.29) is 5.41 Å². The van der Waals surface area contributed by atoms with Crippen molar-refractivity contribution in [1.29, 1.82) is 0 Å². The van der Waals surface area contributed by atoms with Crippen LogP contribution >= 0.6 is 0 Å². The third kappa shape index (κ3) is 3.74. The normalized spacial score (nSPS) is 35.9. The zero-order chi connectivity index (χ0) is 20.6. The van der Waals surface area contributed by atoms with E-state index in [1.165, 1.54) is 37.7 Å². The smallest absolute Gasteiger partial charge is 0.119 e. The first kappa shape index (κ1) is 21.2. The molecule has 2 fully saturated rings. The van der Waals surface area contributed by atoms with Crippen molar-refractivity contribution >= 4 is 0 Å². The quantitative estimate of drug-likeness (QED) is 0.623. The van der Waals surface area contributed by atoms with Crippen LogP contribution in [0.3, 0.4) is 0 Å². The number of ether oxygens (including phenoxy) is 1. The molecule has 0 bridgehead atoms. The number of hydrogen-bond acceptors (Lipinski definition) is 3. The average molecular weight is 400 g/mol. The van der Waals surface area contributed by atoms with Crippen molar-refractivity contribution in [1.82, 2.24) is 4.90 Å². The number of fused-ring (bicyclic) bond motifs is 5. The van der Waals surface area contributed by atoms with Gasteiger partial charge in [-0.1, -0.05) is 26.3 Å². The van der Waals surface area contributed by atoms with Gasteiger partial charge in [-0.15, -0.1) is 0 Å². The van der Waals surface area contributed by atoms with E-state index in [1.807, 2.05) is 0 Å². The van der Waals surface area contributed by atoms with E-state index in [4.69, 9.17) is 4.74 Å². The maximum absolute atomic E-state index is 11.5. The summed E-state index contributed by atoms with van der Waals surface area (Å²) in [6, 6.07) is 6.88. The molecule has 3 aliphatic carbocycles. The SMILES string of the molecule is CCCC1(O)CC[C@H]2[C@@H]3CCc4cc(OCCCN(C)C)ccc4[C@H]3CC[C@@]21C. The molecule has 0 aliphatic heterocycles. The van der Waals surface area contributed by atoms with Crippen LogP contribution in [0.5, 0.6) is 5.75 Å². The summed E-state index contributed by atoms with van der Waals surface area (Å²) < 4.78 is 6.04. The number of nitrogens with zero attached hydrogens (tertiary/aromatic N) is 1. The van der Waals surface area contributed by atoms with E-state index in [9.17, 15) is 5.11 Å². The van der Waals surface area contributed by atoms with Gasteiger partial charge in [-0.25, -0.2) is 0 Å².